The molecule has 14 heavy (non-hydrogen) atoms. The van der Waals surface area contributed by atoms with Crippen molar-refractivity contribution in [2.45, 2.75) is 6.92 Å². The molecule has 0 saturated carbocycles. The molecule has 0 radical (unpaired) electrons. The molecule has 1 aromatic carbocycles. The molecule has 1 aromatic heterocycles. The summed E-state index contributed by atoms with van der Waals surface area (Å²) in [4.78, 5) is 13.7. The van der Waals surface area contributed by atoms with E-state index in [1.807, 2.05) is 32.2 Å². The Kier molecular flexibility index (Phi) is 1.91. The summed E-state index contributed by atoms with van der Waals surface area (Å²) in [6.07, 6.45) is 1.51. The number of hydrogen-bond acceptors (Lipinski definition) is 3. The highest BCUT2D eigenvalue weighted by atomic mass is 16.1. The summed E-state index contributed by atoms with van der Waals surface area (Å²) < 4.78 is 1.72. The van der Waals surface area contributed by atoms with Gasteiger partial charge in [0.2, 0.25) is 6.08 Å². The largest absolute Gasteiger partial charge is 0.265 e. The van der Waals surface area contributed by atoms with Crippen LogP contribution in [0.4, 0.5) is 5.82 Å². The highest BCUT2D eigenvalue weighted by Crippen LogP contribution is 2.26. The molecule has 4 nitrogen and oxygen atoms in total. The average Bonchev–Trinajstić information content (AvgIpc) is 2.46. The zero-order valence-electron chi connectivity index (χ0n) is 7.98. The Morgan fingerprint density at radius 1 is 1.50 bits per heavy atom. The first-order valence-electron chi connectivity index (χ1n) is 4.24. The Morgan fingerprint density at radius 2 is 2.29 bits per heavy atom. The van der Waals surface area contributed by atoms with E-state index in [4.69, 9.17) is 0 Å². The molecule has 0 bridgehead atoms. The summed E-state index contributed by atoms with van der Waals surface area (Å²) in [7, 11) is 1.83. The second-order valence-electron chi connectivity index (χ2n) is 3.12. The SMILES string of the molecule is Cc1cccc2c(N=C=O)nn(C)c12. The molecular formula is C10H9N3O. The molecule has 0 aliphatic heterocycles. The van der Waals surface area contributed by atoms with E-state index in [-0.39, 0.29) is 0 Å². The highest BCUT2D eigenvalue weighted by molar-refractivity contribution is 5.91. The lowest BCUT2D eigenvalue weighted by Crippen LogP contribution is -1.90. The van der Waals surface area contributed by atoms with E-state index >= 15 is 0 Å². The Morgan fingerprint density at radius 3 is 3.00 bits per heavy atom. The number of para-hydroxylation sites is 1. The fourth-order valence-corrected chi connectivity index (χ4v) is 1.64. The van der Waals surface area contributed by atoms with E-state index < -0.39 is 0 Å². The Balaban J connectivity index is 2.90. The summed E-state index contributed by atoms with van der Waals surface area (Å²) in [5.74, 6) is 0.432. The highest BCUT2D eigenvalue weighted by Gasteiger charge is 2.08. The molecule has 4 heteroatoms. The van der Waals surface area contributed by atoms with Crippen LogP contribution in [0.25, 0.3) is 10.9 Å². The van der Waals surface area contributed by atoms with E-state index in [0.29, 0.717) is 5.82 Å². The van der Waals surface area contributed by atoms with Crippen molar-refractivity contribution in [2.75, 3.05) is 0 Å². The number of hydrogen-bond donors (Lipinski definition) is 0. The van der Waals surface area contributed by atoms with Gasteiger partial charge in [-0.3, -0.25) is 4.68 Å². The van der Waals surface area contributed by atoms with Gasteiger partial charge < -0.3 is 0 Å². The topological polar surface area (TPSA) is 47.2 Å². The normalized spacial score (nSPS) is 10.1. The third-order valence-corrected chi connectivity index (χ3v) is 2.20. The van der Waals surface area contributed by atoms with Crippen LogP contribution in [-0.4, -0.2) is 15.9 Å². The number of nitrogens with zero attached hydrogens (tertiary/aromatic N) is 3. The Labute approximate surface area is 80.9 Å². The maximum atomic E-state index is 10.2. The molecule has 2 aromatic rings. The minimum atomic E-state index is 0.432. The average molecular weight is 187 g/mol. The van der Waals surface area contributed by atoms with Crippen molar-refractivity contribution in [3.05, 3.63) is 23.8 Å². The van der Waals surface area contributed by atoms with Crippen LogP contribution >= 0.6 is 0 Å². The molecule has 0 aliphatic rings. The van der Waals surface area contributed by atoms with Crippen molar-refractivity contribution < 1.29 is 4.79 Å². The molecular weight excluding hydrogens is 178 g/mol. The number of aliphatic imine (C=N–C) groups is 1. The van der Waals surface area contributed by atoms with Gasteiger partial charge in [0.25, 0.3) is 0 Å². The zero-order chi connectivity index (χ0) is 10.1. The first-order chi connectivity index (χ1) is 6.74. The van der Waals surface area contributed by atoms with Crippen LogP contribution in [0.1, 0.15) is 5.56 Å². The lowest BCUT2D eigenvalue weighted by Gasteiger charge is -1.96. The molecule has 70 valence electrons. The van der Waals surface area contributed by atoms with Gasteiger partial charge in [0.15, 0.2) is 5.82 Å². The first kappa shape index (κ1) is 8.66. The summed E-state index contributed by atoms with van der Waals surface area (Å²) in [6, 6.07) is 5.81. The molecule has 0 aliphatic carbocycles. The van der Waals surface area contributed by atoms with Crippen LogP contribution in [0, 0.1) is 6.92 Å². The zero-order valence-corrected chi connectivity index (χ0v) is 7.98. The van der Waals surface area contributed by atoms with Gasteiger partial charge in [0.05, 0.1) is 5.52 Å². The lowest BCUT2D eigenvalue weighted by atomic mass is 10.1. The van der Waals surface area contributed by atoms with Crippen molar-refractivity contribution in [3.8, 4) is 0 Å². The van der Waals surface area contributed by atoms with Crippen molar-refractivity contribution in [1.29, 1.82) is 0 Å². The molecule has 0 atom stereocenters. The third-order valence-electron chi connectivity index (χ3n) is 2.20. The second-order valence-corrected chi connectivity index (χ2v) is 3.12. The molecule has 0 spiro atoms. The summed E-state index contributed by atoms with van der Waals surface area (Å²) in [5.41, 5.74) is 2.12. The standard InChI is InChI=1S/C10H9N3O/c1-7-4-3-5-8-9(7)13(2)12-10(8)11-6-14/h3-5H,1-2H3. The second kappa shape index (κ2) is 3.09. The van der Waals surface area contributed by atoms with Crippen LogP contribution in [0.15, 0.2) is 23.2 Å². The van der Waals surface area contributed by atoms with Gasteiger partial charge in [-0.1, -0.05) is 12.1 Å². The van der Waals surface area contributed by atoms with Gasteiger partial charge >= 0.3 is 0 Å². The van der Waals surface area contributed by atoms with Crippen LogP contribution in [0.2, 0.25) is 0 Å². The van der Waals surface area contributed by atoms with Crippen molar-refractivity contribution in [2.24, 2.45) is 12.0 Å². The Hall–Kier alpha value is -1.93. The molecule has 0 amide bonds. The van der Waals surface area contributed by atoms with E-state index in [9.17, 15) is 4.79 Å². The number of isocyanates is 1. The third kappa shape index (κ3) is 1.13. The van der Waals surface area contributed by atoms with Gasteiger partial charge in [-0.05, 0) is 18.6 Å². The van der Waals surface area contributed by atoms with Crippen LogP contribution in [-0.2, 0) is 11.8 Å². The molecule has 0 N–H and O–H groups in total. The van der Waals surface area contributed by atoms with Crippen LogP contribution in [0.5, 0.6) is 0 Å². The van der Waals surface area contributed by atoms with Gasteiger partial charge in [-0.2, -0.15) is 5.10 Å². The fourth-order valence-electron chi connectivity index (χ4n) is 1.64. The van der Waals surface area contributed by atoms with E-state index in [2.05, 4.69) is 10.1 Å². The maximum absolute atomic E-state index is 10.2. The first-order valence-corrected chi connectivity index (χ1v) is 4.24. The smallest absolute Gasteiger partial charge is 0.242 e. The maximum Gasteiger partial charge on any atom is 0.242 e. The van der Waals surface area contributed by atoms with E-state index in [0.717, 1.165) is 16.5 Å². The van der Waals surface area contributed by atoms with Gasteiger partial charge in [-0.25, -0.2) is 4.79 Å². The fraction of sp³-hybridized carbons (Fsp3) is 0.200. The quantitative estimate of drug-likeness (QED) is 0.505. The summed E-state index contributed by atoms with van der Waals surface area (Å²) in [5, 5.41) is 5.01. The number of aromatic nitrogens is 2. The predicted molar refractivity (Wildman–Crippen MR) is 53.2 cm³/mol. The number of carbonyl (C=O) groups excluding carboxylic acids is 1. The van der Waals surface area contributed by atoms with E-state index in [1.165, 1.54) is 6.08 Å². The van der Waals surface area contributed by atoms with Crippen LogP contribution in [0.3, 0.4) is 0 Å². The van der Waals surface area contributed by atoms with Crippen LogP contribution < -0.4 is 0 Å². The lowest BCUT2D eigenvalue weighted by molar-refractivity contribution is 0.565. The number of rotatable bonds is 1. The minimum absolute atomic E-state index is 0.432. The van der Waals surface area contributed by atoms with Gasteiger partial charge in [0.1, 0.15) is 0 Å². The van der Waals surface area contributed by atoms with E-state index in [1.54, 1.807) is 4.68 Å². The van der Waals surface area contributed by atoms with Crippen molar-refractivity contribution >= 4 is 22.8 Å². The molecule has 2 rings (SSSR count). The molecule has 0 fully saturated rings. The van der Waals surface area contributed by atoms with Gasteiger partial charge in [-0.15, -0.1) is 4.99 Å². The molecule has 1 heterocycles. The number of benzene rings is 1. The Bertz CT molecular complexity index is 536. The molecule has 0 unspecified atom stereocenters. The van der Waals surface area contributed by atoms with Gasteiger partial charge in [0, 0.05) is 12.4 Å². The van der Waals surface area contributed by atoms with Crippen molar-refractivity contribution in [1.82, 2.24) is 9.78 Å². The monoisotopic (exact) mass is 187 g/mol. The van der Waals surface area contributed by atoms with Crippen molar-refractivity contribution in [3.63, 3.8) is 0 Å². The summed E-state index contributed by atoms with van der Waals surface area (Å²) >= 11 is 0. The number of aryl methyl sites for hydroxylation is 2. The predicted octanol–water partition coefficient (Wildman–Crippen LogP) is 1.85. The summed E-state index contributed by atoms with van der Waals surface area (Å²) in [6.45, 7) is 2.00. The molecule has 0 saturated heterocycles. The number of fused-ring (bicyclic) bond motifs is 1. The minimum Gasteiger partial charge on any atom is -0.265 e.